The fourth-order valence-corrected chi connectivity index (χ4v) is 2.70. The molecule has 2 aromatic carbocycles. The number of H-pyrrole nitrogens is 1. The Hall–Kier alpha value is -2.00. The number of nitrogens with one attached hydrogen (secondary N) is 1. The van der Waals surface area contributed by atoms with E-state index in [1.165, 1.54) is 10.8 Å². The minimum absolute atomic E-state index is 0.648. The van der Waals surface area contributed by atoms with Crippen LogP contribution < -0.4 is 0 Å². The lowest BCUT2D eigenvalue weighted by Gasteiger charge is -2.08. The van der Waals surface area contributed by atoms with Gasteiger partial charge in [-0.1, -0.05) is 68.0 Å². The Morgan fingerprint density at radius 2 is 1.90 bits per heavy atom. The SMILES string of the molecule is CCCc1cc(=S)nc(-c2cccc3ccccc23)[nH]1. The van der Waals surface area contributed by atoms with Crippen molar-refractivity contribution in [3.63, 3.8) is 0 Å². The van der Waals surface area contributed by atoms with Gasteiger partial charge in [-0.15, -0.1) is 0 Å². The van der Waals surface area contributed by atoms with Gasteiger partial charge in [0.1, 0.15) is 10.5 Å². The lowest BCUT2D eigenvalue weighted by molar-refractivity contribution is 0.873. The standard InChI is InChI=1S/C17H16N2S/c1-2-6-13-11-16(20)19-17(18-13)15-10-5-8-12-7-3-4-9-14(12)15/h3-5,7-11H,2,6H2,1H3,(H,18,19,20). The minimum Gasteiger partial charge on any atom is -0.343 e. The van der Waals surface area contributed by atoms with Crippen molar-refractivity contribution in [2.24, 2.45) is 0 Å². The molecule has 0 unspecified atom stereocenters. The number of aromatic nitrogens is 2. The van der Waals surface area contributed by atoms with Crippen molar-refractivity contribution >= 4 is 23.0 Å². The van der Waals surface area contributed by atoms with Gasteiger partial charge in [-0.3, -0.25) is 0 Å². The molecule has 3 rings (SSSR count). The minimum atomic E-state index is 0.648. The molecule has 2 nitrogen and oxygen atoms in total. The van der Waals surface area contributed by atoms with Crippen molar-refractivity contribution in [3.05, 3.63) is 58.9 Å². The Bertz CT molecular complexity index is 800. The lowest BCUT2D eigenvalue weighted by atomic mass is 10.0. The smallest absolute Gasteiger partial charge is 0.139 e. The van der Waals surface area contributed by atoms with E-state index in [0.717, 1.165) is 29.9 Å². The molecule has 0 aliphatic heterocycles. The summed E-state index contributed by atoms with van der Waals surface area (Å²) in [7, 11) is 0. The highest BCUT2D eigenvalue weighted by atomic mass is 32.1. The van der Waals surface area contributed by atoms with Crippen LogP contribution in [0.2, 0.25) is 0 Å². The zero-order chi connectivity index (χ0) is 13.9. The van der Waals surface area contributed by atoms with Crippen molar-refractivity contribution in [1.29, 1.82) is 0 Å². The fraction of sp³-hybridized carbons (Fsp3) is 0.176. The Labute approximate surface area is 123 Å². The molecule has 0 fully saturated rings. The summed E-state index contributed by atoms with van der Waals surface area (Å²) in [5.74, 6) is 0.859. The first-order chi connectivity index (χ1) is 9.78. The van der Waals surface area contributed by atoms with Crippen LogP contribution in [0.3, 0.4) is 0 Å². The van der Waals surface area contributed by atoms with E-state index in [1.807, 2.05) is 6.07 Å². The number of nitrogens with zero attached hydrogens (tertiary/aromatic N) is 1. The Morgan fingerprint density at radius 1 is 1.10 bits per heavy atom. The normalized spacial score (nSPS) is 10.8. The van der Waals surface area contributed by atoms with Crippen molar-refractivity contribution < 1.29 is 0 Å². The number of aryl methyl sites for hydroxylation is 1. The monoisotopic (exact) mass is 280 g/mol. The van der Waals surface area contributed by atoms with Gasteiger partial charge >= 0.3 is 0 Å². The summed E-state index contributed by atoms with van der Waals surface area (Å²) < 4.78 is 0.648. The van der Waals surface area contributed by atoms with Crippen molar-refractivity contribution in [1.82, 2.24) is 9.97 Å². The maximum absolute atomic E-state index is 5.29. The Balaban J connectivity index is 2.23. The van der Waals surface area contributed by atoms with E-state index in [2.05, 4.69) is 59.4 Å². The molecular formula is C17H16N2S. The van der Waals surface area contributed by atoms with E-state index in [-0.39, 0.29) is 0 Å². The van der Waals surface area contributed by atoms with Crippen LogP contribution in [0.4, 0.5) is 0 Å². The third-order valence-electron chi connectivity index (χ3n) is 3.36. The largest absolute Gasteiger partial charge is 0.343 e. The number of hydrogen-bond donors (Lipinski definition) is 1. The fourth-order valence-electron chi connectivity index (χ4n) is 2.47. The molecule has 0 amide bonds. The van der Waals surface area contributed by atoms with Gasteiger partial charge in [0.2, 0.25) is 0 Å². The van der Waals surface area contributed by atoms with Gasteiger partial charge in [0, 0.05) is 11.3 Å². The van der Waals surface area contributed by atoms with Gasteiger partial charge in [-0.25, -0.2) is 4.98 Å². The Morgan fingerprint density at radius 3 is 2.75 bits per heavy atom. The molecule has 1 heterocycles. The summed E-state index contributed by atoms with van der Waals surface area (Å²) in [5.41, 5.74) is 2.25. The molecule has 3 aromatic rings. The van der Waals surface area contributed by atoms with Crippen LogP contribution in [0.15, 0.2) is 48.5 Å². The highest BCUT2D eigenvalue weighted by Crippen LogP contribution is 2.26. The van der Waals surface area contributed by atoms with E-state index in [4.69, 9.17) is 12.2 Å². The number of aromatic amines is 1. The molecule has 0 aliphatic carbocycles. The quantitative estimate of drug-likeness (QED) is 0.690. The molecule has 1 N–H and O–H groups in total. The highest BCUT2D eigenvalue weighted by molar-refractivity contribution is 7.71. The second-order valence-corrected chi connectivity index (χ2v) is 5.29. The molecular weight excluding hydrogens is 264 g/mol. The van der Waals surface area contributed by atoms with E-state index in [0.29, 0.717) is 4.64 Å². The summed E-state index contributed by atoms with van der Waals surface area (Å²) in [4.78, 5) is 7.91. The van der Waals surface area contributed by atoms with Crippen molar-refractivity contribution in [2.45, 2.75) is 19.8 Å². The molecule has 1 aromatic heterocycles. The average Bonchev–Trinajstić information content (AvgIpc) is 2.46. The number of hydrogen-bond acceptors (Lipinski definition) is 2. The number of rotatable bonds is 3. The second kappa shape index (κ2) is 5.55. The molecule has 20 heavy (non-hydrogen) atoms. The lowest BCUT2D eigenvalue weighted by Crippen LogP contribution is -1.96. The van der Waals surface area contributed by atoms with Gasteiger partial charge in [0.25, 0.3) is 0 Å². The van der Waals surface area contributed by atoms with Gasteiger partial charge in [0.15, 0.2) is 0 Å². The van der Waals surface area contributed by atoms with Crippen LogP contribution in [0, 0.1) is 4.64 Å². The summed E-state index contributed by atoms with van der Waals surface area (Å²) in [6.45, 7) is 2.16. The van der Waals surface area contributed by atoms with E-state index < -0.39 is 0 Å². The van der Waals surface area contributed by atoms with E-state index in [1.54, 1.807) is 0 Å². The van der Waals surface area contributed by atoms with Crippen LogP contribution in [0.1, 0.15) is 19.0 Å². The number of fused-ring (bicyclic) bond motifs is 1. The molecule has 3 heteroatoms. The molecule has 0 atom stereocenters. The van der Waals surface area contributed by atoms with Crippen LogP contribution in [0.25, 0.3) is 22.2 Å². The maximum Gasteiger partial charge on any atom is 0.139 e. The van der Waals surface area contributed by atoms with Crippen LogP contribution in [-0.2, 0) is 6.42 Å². The van der Waals surface area contributed by atoms with Gasteiger partial charge in [-0.2, -0.15) is 0 Å². The average molecular weight is 280 g/mol. The van der Waals surface area contributed by atoms with Crippen LogP contribution in [-0.4, -0.2) is 9.97 Å². The summed E-state index contributed by atoms with van der Waals surface area (Å²) >= 11 is 5.29. The summed E-state index contributed by atoms with van der Waals surface area (Å²) in [6, 6.07) is 16.6. The van der Waals surface area contributed by atoms with Gasteiger partial charge in [-0.05, 0) is 23.3 Å². The first-order valence-electron chi connectivity index (χ1n) is 6.86. The first-order valence-corrected chi connectivity index (χ1v) is 7.27. The van der Waals surface area contributed by atoms with Crippen LogP contribution >= 0.6 is 12.2 Å². The molecule has 0 saturated heterocycles. The predicted molar refractivity (Wildman–Crippen MR) is 86.4 cm³/mol. The molecule has 0 bridgehead atoms. The topological polar surface area (TPSA) is 28.7 Å². The third-order valence-corrected chi connectivity index (χ3v) is 3.57. The predicted octanol–water partition coefficient (Wildman–Crippen LogP) is 4.91. The molecule has 0 saturated carbocycles. The van der Waals surface area contributed by atoms with Gasteiger partial charge < -0.3 is 4.98 Å². The maximum atomic E-state index is 5.29. The second-order valence-electron chi connectivity index (χ2n) is 4.87. The third kappa shape index (κ3) is 2.49. The number of benzene rings is 2. The molecule has 0 radical (unpaired) electrons. The molecule has 100 valence electrons. The summed E-state index contributed by atoms with van der Waals surface area (Å²) in [6.07, 6.45) is 2.08. The van der Waals surface area contributed by atoms with E-state index in [9.17, 15) is 0 Å². The Kier molecular flexibility index (Phi) is 3.61. The zero-order valence-corrected chi connectivity index (χ0v) is 12.2. The molecule has 0 aliphatic rings. The molecule has 0 spiro atoms. The zero-order valence-electron chi connectivity index (χ0n) is 11.4. The van der Waals surface area contributed by atoms with Crippen LogP contribution in [0.5, 0.6) is 0 Å². The van der Waals surface area contributed by atoms with Crippen molar-refractivity contribution in [2.75, 3.05) is 0 Å². The van der Waals surface area contributed by atoms with Gasteiger partial charge in [0.05, 0.1) is 0 Å². The highest BCUT2D eigenvalue weighted by Gasteiger charge is 2.06. The first kappa shape index (κ1) is 13.0. The van der Waals surface area contributed by atoms with Crippen molar-refractivity contribution in [3.8, 4) is 11.4 Å². The summed E-state index contributed by atoms with van der Waals surface area (Å²) in [5, 5.41) is 2.41. The van der Waals surface area contributed by atoms with E-state index >= 15 is 0 Å².